The van der Waals surface area contributed by atoms with Gasteiger partial charge in [-0.25, -0.2) is 4.79 Å². The Labute approximate surface area is 113 Å². The number of nitrogens with one attached hydrogen (secondary N) is 1. The lowest BCUT2D eigenvalue weighted by Gasteiger charge is -2.14. The zero-order valence-corrected chi connectivity index (χ0v) is 11.9. The van der Waals surface area contributed by atoms with Gasteiger partial charge in [-0.3, -0.25) is 4.79 Å². The lowest BCUT2D eigenvalue weighted by atomic mass is 9.96. The molecule has 4 heteroatoms. The van der Waals surface area contributed by atoms with E-state index in [1.54, 1.807) is 26.0 Å². The van der Waals surface area contributed by atoms with Crippen molar-refractivity contribution in [2.24, 2.45) is 5.92 Å². The lowest BCUT2D eigenvalue weighted by molar-refractivity contribution is 0.0690. The van der Waals surface area contributed by atoms with Crippen LogP contribution >= 0.6 is 0 Å². The summed E-state index contributed by atoms with van der Waals surface area (Å²) in [6.45, 7) is 8.11. The van der Waals surface area contributed by atoms with Crippen LogP contribution in [0.2, 0.25) is 0 Å². The molecule has 19 heavy (non-hydrogen) atoms. The van der Waals surface area contributed by atoms with Crippen LogP contribution in [0, 0.1) is 19.8 Å². The number of carbonyl (C=O) groups is 2. The molecule has 0 aromatic heterocycles. The predicted octanol–water partition coefficient (Wildman–Crippen LogP) is 2.78. The molecule has 0 heterocycles. The molecule has 0 saturated carbocycles. The predicted molar refractivity (Wildman–Crippen MR) is 74.7 cm³/mol. The van der Waals surface area contributed by atoms with Crippen molar-refractivity contribution in [3.8, 4) is 0 Å². The molecular weight excluding hydrogens is 242 g/mol. The van der Waals surface area contributed by atoms with E-state index in [0.717, 1.165) is 6.42 Å². The van der Waals surface area contributed by atoms with Gasteiger partial charge in [0.05, 0.1) is 11.1 Å². The van der Waals surface area contributed by atoms with E-state index < -0.39 is 5.97 Å². The first-order chi connectivity index (χ1) is 8.88. The molecule has 0 aliphatic carbocycles. The molecule has 0 bridgehead atoms. The lowest BCUT2D eigenvalue weighted by Crippen LogP contribution is -2.30. The first-order valence-corrected chi connectivity index (χ1v) is 6.50. The smallest absolute Gasteiger partial charge is 0.336 e. The minimum atomic E-state index is -1.06. The Morgan fingerprint density at radius 2 is 1.74 bits per heavy atom. The second kappa shape index (κ2) is 6.36. The fraction of sp³-hybridized carbons (Fsp3) is 0.467. The van der Waals surface area contributed by atoms with E-state index in [2.05, 4.69) is 12.2 Å². The summed E-state index contributed by atoms with van der Waals surface area (Å²) in [5.74, 6) is -0.990. The summed E-state index contributed by atoms with van der Waals surface area (Å²) >= 11 is 0. The van der Waals surface area contributed by atoms with Crippen molar-refractivity contribution in [2.75, 3.05) is 6.54 Å². The molecule has 0 aliphatic heterocycles. The number of benzene rings is 1. The summed E-state index contributed by atoms with van der Waals surface area (Å²) in [6.07, 6.45) is 0.971. The van der Waals surface area contributed by atoms with Crippen LogP contribution in [-0.4, -0.2) is 23.5 Å². The number of carbonyl (C=O) groups excluding carboxylic acids is 1. The summed E-state index contributed by atoms with van der Waals surface area (Å²) in [5.41, 5.74) is 1.66. The van der Waals surface area contributed by atoms with E-state index in [4.69, 9.17) is 0 Å². The number of amides is 1. The van der Waals surface area contributed by atoms with Gasteiger partial charge in [-0.15, -0.1) is 0 Å². The van der Waals surface area contributed by atoms with Crippen molar-refractivity contribution in [1.29, 1.82) is 0 Å². The summed E-state index contributed by atoms with van der Waals surface area (Å²) < 4.78 is 0. The van der Waals surface area contributed by atoms with Crippen LogP contribution in [0.25, 0.3) is 0 Å². The van der Waals surface area contributed by atoms with Crippen LogP contribution in [0.1, 0.15) is 52.1 Å². The molecule has 1 aromatic rings. The molecule has 1 amide bonds. The Morgan fingerprint density at radius 1 is 1.21 bits per heavy atom. The molecule has 0 fully saturated rings. The van der Waals surface area contributed by atoms with Crippen LogP contribution in [0.4, 0.5) is 0 Å². The molecule has 1 atom stereocenters. The molecule has 1 aromatic carbocycles. The van der Waals surface area contributed by atoms with Gasteiger partial charge in [0.1, 0.15) is 0 Å². The van der Waals surface area contributed by atoms with Crippen molar-refractivity contribution in [3.05, 3.63) is 34.4 Å². The monoisotopic (exact) mass is 263 g/mol. The fourth-order valence-corrected chi connectivity index (χ4v) is 1.88. The van der Waals surface area contributed by atoms with Crippen molar-refractivity contribution in [3.63, 3.8) is 0 Å². The Bertz CT molecular complexity index is 494. The third kappa shape index (κ3) is 3.56. The van der Waals surface area contributed by atoms with Crippen LogP contribution in [-0.2, 0) is 0 Å². The summed E-state index contributed by atoms with van der Waals surface area (Å²) in [4.78, 5) is 23.5. The maximum Gasteiger partial charge on any atom is 0.336 e. The number of carboxylic acids is 1. The number of aromatic carboxylic acids is 1. The zero-order valence-electron chi connectivity index (χ0n) is 11.9. The third-order valence-electron chi connectivity index (χ3n) is 3.37. The van der Waals surface area contributed by atoms with E-state index in [1.165, 1.54) is 0 Å². The van der Waals surface area contributed by atoms with Gasteiger partial charge in [0.15, 0.2) is 0 Å². The molecule has 1 rings (SSSR count). The first kappa shape index (κ1) is 15.2. The highest BCUT2D eigenvalue weighted by Crippen LogP contribution is 2.19. The van der Waals surface area contributed by atoms with Gasteiger partial charge >= 0.3 is 5.97 Å². The van der Waals surface area contributed by atoms with Gasteiger partial charge in [-0.2, -0.15) is 0 Å². The Hall–Kier alpha value is -1.84. The van der Waals surface area contributed by atoms with Crippen LogP contribution in [0.15, 0.2) is 12.1 Å². The van der Waals surface area contributed by atoms with Crippen molar-refractivity contribution < 1.29 is 14.7 Å². The summed E-state index contributed by atoms with van der Waals surface area (Å²) in [7, 11) is 0. The Morgan fingerprint density at radius 3 is 2.21 bits per heavy atom. The van der Waals surface area contributed by atoms with Crippen LogP contribution in [0.5, 0.6) is 0 Å². The number of hydrogen-bond acceptors (Lipinski definition) is 2. The molecule has 1 unspecified atom stereocenters. The number of hydrogen-bond donors (Lipinski definition) is 2. The molecule has 0 radical (unpaired) electrons. The molecule has 0 spiro atoms. The highest BCUT2D eigenvalue weighted by molar-refractivity contribution is 6.06. The summed E-state index contributed by atoms with van der Waals surface area (Å²) in [6, 6.07) is 3.50. The largest absolute Gasteiger partial charge is 0.478 e. The van der Waals surface area contributed by atoms with Gasteiger partial charge in [0.2, 0.25) is 0 Å². The highest BCUT2D eigenvalue weighted by atomic mass is 16.4. The Kier molecular flexibility index (Phi) is 5.10. The van der Waals surface area contributed by atoms with Crippen molar-refractivity contribution >= 4 is 11.9 Å². The molecule has 4 nitrogen and oxygen atoms in total. The number of rotatable bonds is 5. The standard InChI is InChI=1S/C15H21NO3/c1-5-9(2)8-16-14(17)12-10(3)6-7-11(4)13(12)15(18)19/h6-7,9H,5,8H2,1-4H3,(H,16,17)(H,18,19). The normalized spacial score (nSPS) is 12.0. The minimum Gasteiger partial charge on any atom is -0.478 e. The van der Waals surface area contributed by atoms with Gasteiger partial charge in [0.25, 0.3) is 5.91 Å². The van der Waals surface area contributed by atoms with Crippen LogP contribution in [0.3, 0.4) is 0 Å². The molecule has 0 aliphatic rings. The van der Waals surface area contributed by atoms with E-state index in [1.807, 2.05) is 6.92 Å². The molecule has 104 valence electrons. The number of aryl methyl sites for hydroxylation is 2. The average molecular weight is 263 g/mol. The van der Waals surface area contributed by atoms with Crippen molar-refractivity contribution in [2.45, 2.75) is 34.1 Å². The fourth-order valence-electron chi connectivity index (χ4n) is 1.88. The van der Waals surface area contributed by atoms with Gasteiger partial charge in [-0.05, 0) is 30.9 Å². The molecule has 2 N–H and O–H groups in total. The van der Waals surface area contributed by atoms with Gasteiger partial charge in [0, 0.05) is 6.54 Å². The molecule has 0 saturated heterocycles. The SMILES string of the molecule is CCC(C)CNC(=O)c1c(C)ccc(C)c1C(=O)O. The van der Waals surface area contributed by atoms with E-state index in [9.17, 15) is 14.7 Å². The van der Waals surface area contributed by atoms with E-state index >= 15 is 0 Å². The first-order valence-electron chi connectivity index (χ1n) is 6.50. The maximum atomic E-state index is 12.2. The maximum absolute atomic E-state index is 12.2. The second-order valence-corrected chi connectivity index (χ2v) is 4.98. The summed E-state index contributed by atoms with van der Waals surface area (Å²) in [5, 5.41) is 12.1. The van der Waals surface area contributed by atoms with Crippen LogP contribution < -0.4 is 5.32 Å². The highest BCUT2D eigenvalue weighted by Gasteiger charge is 2.21. The Balaban J connectivity index is 3.08. The zero-order chi connectivity index (χ0) is 14.6. The van der Waals surface area contributed by atoms with Gasteiger partial charge < -0.3 is 10.4 Å². The second-order valence-electron chi connectivity index (χ2n) is 4.98. The number of carboxylic acid groups (broad SMARTS) is 1. The minimum absolute atomic E-state index is 0.0988. The third-order valence-corrected chi connectivity index (χ3v) is 3.37. The topological polar surface area (TPSA) is 66.4 Å². The van der Waals surface area contributed by atoms with Gasteiger partial charge in [-0.1, -0.05) is 32.4 Å². The molecular formula is C15H21NO3. The quantitative estimate of drug-likeness (QED) is 0.858. The average Bonchev–Trinajstić information content (AvgIpc) is 2.37. The van der Waals surface area contributed by atoms with E-state index in [0.29, 0.717) is 23.6 Å². The van der Waals surface area contributed by atoms with Crippen molar-refractivity contribution in [1.82, 2.24) is 5.32 Å². The van der Waals surface area contributed by atoms with E-state index in [-0.39, 0.29) is 17.0 Å².